The monoisotopic (exact) mass is 475 g/mol. The molecule has 0 aliphatic carbocycles. The van der Waals surface area contributed by atoms with Crippen molar-refractivity contribution < 1.29 is 36.0 Å². The molecule has 2 N–H and O–H groups in total. The molecule has 1 saturated heterocycles. The van der Waals surface area contributed by atoms with Crippen LogP contribution < -0.4 is 10.1 Å². The molecule has 1 aliphatic heterocycles. The molecule has 0 spiro atoms. The lowest BCUT2D eigenvalue weighted by atomic mass is 9.86. The Morgan fingerprint density at radius 1 is 1.34 bits per heavy atom. The first kappa shape index (κ1) is 23.9. The number of nitrogens with zero attached hydrogens (tertiary/aromatic N) is 1. The Hall–Kier alpha value is -2.73. The predicted molar refractivity (Wildman–Crippen MR) is 108 cm³/mol. The standard InChI is InChI=1S/C20H21F4N3O4S/c1-19(20(22,23)24)10-14(13-5-4-11(21)8-15(13)30-2)17(31-19)18(28)27-12-6-7-26-16(9-12)32(3,25)29/h4-9,14,17,25H,10H2,1-3H3,(H,26,27,28)/t14-,17+,19+,32+/m1/s1. The minimum atomic E-state index is -4.77. The van der Waals surface area contributed by atoms with Gasteiger partial charge in [0.05, 0.1) is 16.8 Å². The third kappa shape index (κ3) is 4.70. The normalized spacial score (nSPS) is 25.2. The van der Waals surface area contributed by atoms with Crippen LogP contribution in [0.3, 0.4) is 0 Å². The second-order valence-corrected chi connectivity index (χ2v) is 9.79. The highest BCUT2D eigenvalue weighted by Gasteiger charge is 2.61. The number of hydrogen-bond donors (Lipinski definition) is 2. The average molecular weight is 475 g/mol. The molecular weight excluding hydrogens is 454 g/mol. The summed E-state index contributed by atoms with van der Waals surface area (Å²) in [6, 6.07) is 5.91. The van der Waals surface area contributed by atoms with Crippen LogP contribution in [0.1, 0.15) is 24.8 Å². The first-order valence-electron chi connectivity index (χ1n) is 9.34. The fourth-order valence-corrected chi connectivity index (χ4v) is 4.15. The lowest BCUT2D eigenvalue weighted by Gasteiger charge is -2.27. The number of halogens is 4. The van der Waals surface area contributed by atoms with Gasteiger partial charge in [0.2, 0.25) is 0 Å². The van der Waals surface area contributed by atoms with Gasteiger partial charge in [-0.3, -0.25) is 4.79 Å². The van der Waals surface area contributed by atoms with Gasteiger partial charge < -0.3 is 14.8 Å². The zero-order valence-electron chi connectivity index (χ0n) is 17.3. The number of rotatable bonds is 5. The first-order valence-corrected chi connectivity index (χ1v) is 11.3. The second-order valence-electron chi connectivity index (χ2n) is 7.68. The van der Waals surface area contributed by atoms with E-state index in [0.29, 0.717) is 0 Å². The number of anilines is 1. The van der Waals surface area contributed by atoms with Crippen LogP contribution in [0.4, 0.5) is 23.2 Å². The van der Waals surface area contributed by atoms with Crippen LogP contribution in [-0.2, 0) is 19.3 Å². The van der Waals surface area contributed by atoms with Crippen molar-refractivity contribution in [1.82, 2.24) is 4.98 Å². The van der Waals surface area contributed by atoms with Crippen LogP contribution >= 0.6 is 0 Å². The van der Waals surface area contributed by atoms with Gasteiger partial charge in [-0.15, -0.1) is 0 Å². The second kappa shape index (κ2) is 8.32. The minimum Gasteiger partial charge on any atom is -0.496 e. The summed E-state index contributed by atoms with van der Waals surface area (Å²) >= 11 is 0. The van der Waals surface area contributed by atoms with E-state index in [9.17, 15) is 26.6 Å². The molecule has 32 heavy (non-hydrogen) atoms. The van der Waals surface area contributed by atoms with E-state index in [2.05, 4.69) is 10.3 Å². The molecule has 0 bridgehead atoms. The van der Waals surface area contributed by atoms with Crippen molar-refractivity contribution in [3.63, 3.8) is 0 Å². The number of carbonyl (C=O) groups excluding carboxylic acids is 1. The maximum atomic E-state index is 13.7. The molecule has 0 unspecified atom stereocenters. The molecule has 1 amide bonds. The van der Waals surface area contributed by atoms with Crippen molar-refractivity contribution >= 4 is 21.3 Å². The van der Waals surface area contributed by atoms with E-state index in [1.54, 1.807) is 0 Å². The molecule has 2 aromatic rings. The number of aromatic nitrogens is 1. The number of pyridine rings is 1. The van der Waals surface area contributed by atoms with Crippen LogP contribution in [0.15, 0.2) is 41.6 Å². The number of nitrogens with one attached hydrogen (secondary N) is 2. The summed E-state index contributed by atoms with van der Waals surface area (Å²) in [6.45, 7) is 0.847. The summed E-state index contributed by atoms with van der Waals surface area (Å²) in [5.74, 6) is -2.63. The number of ether oxygens (including phenoxy) is 2. The largest absolute Gasteiger partial charge is 0.496 e. The molecule has 1 aromatic carbocycles. The van der Waals surface area contributed by atoms with E-state index in [0.717, 1.165) is 25.3 Å². The number of hydrogen-bond acceptors (Lipinski definition) is 6. The molecule has 1 fully saturated rings. The Bertz CT molecular complexity index is 1140. The topological polar surface area (TPSA) is 101 Å². The Morgan fingerprint density at radius 3 is 2.62 bits per heavy atom. The zero-order valence-corrected chi connectivity index (χ0v) is 18.1. The van der Waals surface area contributed by atoms with Gasteiger partial charge in [-0.1, -0.05) is 6.07 Å². The highest BCUT2D eigenvalue weighted by atomic mass is 32.2. The van der Waals surface area contributed by atoms with Gasteiger partial charge in [0.25, 0.3) is 5.91 Å². The van der Waals surface area contributed by atoms with Crippen LogP contribution in [0.2, 0.25) is 0 Å². The van der Waals surface area contributed by atoms with Gasteiger partial charge in [-0.25, -0.2) is 18.4 Å². The van der Waals surface area contributed by atoms with Crippen molar-refractivity contribution in [1.29, 1.82) is 4.78 Å². The smallest absolute Gasteiger partial charge is 0.417 e. The van der Waals surface area contributed by atoms with Crippen molar-refractivity contribution in [2.45, 2.75) is 42.2 Å². The lowest BCUT2D eigenvalue weighted by Crippen LogP contribution is -2.43. The molecule has 1 aromatic heterocycles. The molecule has 4 atom stereocenters. The number of alkyl halides is 3. The van der Waals surface area contributed by atoms with Gasteiger partial charge in [0.15, 0.2) is 5.60 Å². The van der Waals surface area contributed by atoms with Crippen LogP contribution in [0, 0.1) is 10.6 Å². The predicted octanol–water partition coefficient (Wildman–Crippen LogP) is 4.10. The van der Waals surface area contributed by atoms with E-state index in [-0.39, 0.29) is 22.0 Å². The molecule has 3 rings (SSSR count). The molecule has 2 heterocycles. The highest BCUT2D eigenvalue weighted by Crippen LogP contribution is 2.51. The van der Waals surface area contributed by atoms with E-state index in [4.69, 9.17) is 14.3 Å². The van der Waals surface area contributed by atoms with E-state index in [1.165, 1.54) is 31.5 Å². The number of amides is 1. The molecule has 174 valence electrons. The number of benzene rings is 1. The molecule has 0 radical (unpaired) electrons. The van der Waals surface area contributed by atoms with Crippen LogP contribution in [0.25, 0.3) is 0 Å². The van der Waals surface area contributed by atoms with E-state index in [1.807, 2.05) is 0 Å². The SMILES string of the molecule is COc1cc(F)ccc1[C@H]1C[C@@](C)(C(F)(F)F)O[C@@H]1C(=O)Nc1ccnc([S@@](C)(=N)=O)c1. The van der Waals surface area contributed by atoms with Gasteiger partial charge in [-0.05, 0) is 31.5 Å². The van der Waals surface area contributed by atoms with Crippen LogP contribution in [-0.4, -0.2) is 46.3 Å². The van der Waals surface area contributed by atoms with Crippen LogP contribution in [0.5, 0.6) is 5.75 Å². The zero-order chi connectivity index (χ0) is 23.9. The summed E-state index contributed by atoms with van der Waals surface area (Å²) in [7, 11) is -1.94. The van der Waals surface area contributed by atoms with Gasteiger partial charge in [0, 0.05) is 35.7 Å². The van der Waals surface area contributed by atoms with E-state index >= 15 is 0 Å². The summed E-state index contributed by atoms with van der Waals surface area (Å²) in [5.41, 5.74) is -2.34. The maximum absolute atomic E-state index is 13.7. The highest BCUT2D eigenvalue weighted by molar-refractivity contribution is 7.91. The summed E-state index contributed by atoms with van der Waals surface area (Å²) in [5, 5.41) is 2.34. The molecule has 12 heteroatoms. The minimum absolute atomic E-state index is 0.00560. The number of carbonyl (C=O) groups is 1. The molecule has 1 aliphatic rings. The first-order chi connectivity index (χ1) is 14.7. The van der Waals surface area contributed by atoms with Crippen molar-refractivity contribution in [3.05, 3.63) is 47.9 Å². The molecule has 0 saturated carbocycles. The van der Waals surface area contributed by atoms with E-state index < -0.39 is 51.7 Å². The summed E-state index contributed by atoms with van der Waals surface area (Å²) < 4.78 is 84.7. The van der Waals surface area contributed by atoms with Gasteiger partial charge in [-0.2, -0.15) is 13.2 Å². The van der Waals surface area contributed by atoms with Crippen molar-refractivity contribution in [2.24, 2.45) is 0 Å². The summed E-state index contributed by atoms with van der Waals surface area (Å²) in [4.78, 5) is 16.8. The quantitative estimate of drug-likeness (QED) is 0.635. The third-order valence-electron chi connectivity index (χ3n) is 5.22. The Labute approximate surface area is 182 Å². The van der Waals surface area contributed by atoms with Gasteiger partial charge >= 0.3 is 6.18 Å². The third-order valence-corrected chi connectivity index (χ3v) is 6.24. The molecular formula is C20H21F4N3O4S. The summed E-state index contributed by atoms with van der Waals surface area (Å²) in [6.07, 6.45) is -4.57. The number of methoxy groups -OCH3 is 1. The van der Waals surface area contributed by atoms with Crippen molar-refractivity contribution in [3.8, 4) is 5.75 Å². The lowest BCUT2D eigenvalue weighted by molar-refractivity contribution is -0.261. The van der Waals surface area contributed by atoms with Crippen molar-refractivity contribution in [2.75, 3.05) is 18.7 Å². The maximum Gasteiger partial charge on any atom is 0.417 e. The average Bonchev–Trinajstić information content (AvgIpc) is 3.06. The molecule has 7 nitrogen and oxygen atoms in total. The Morgan fingerprint density at radius 2 is 2.03 bits per heavy atom. The van der Waals surface area contributed by atoms with Gasteiger partial charge in [0.1, 0.15) is 22.7 Å². The fraction of sp³-hybridized carbons (Fsp3) is 0.400. The Balaban J connectivity index is 1.99. The fourth-order valence-electron chi connectivity index (χ4n) is 3.53. The Kier molecular flexibility index (Phi) is 6.22.